The van der Waals surface area contributed by atoms with Gasteiger partial charge in [-0.05, 0) is 41.7 Å². The number of hydrogen-bond donors (Lipinski definition) is 1. The van der Waals surface area contributed by atoms with Gasteiger partial charge in [-0.3, -0.25) is 9.59 Å². The quantitative estimate of drug-likeness (QED) is 0.276. The minimum absolute atomic E-state index is 0.0897. The Bertz CT molecular complexity index is 1210. The molecular formula is C29H29NO4. The fraction of sp³-hybridized carbons (Fsp3) is 0.241. The molecule has 1 N–H and O–H groups in total. The lowest BCUT2D eigenvalue weighted by Gasteiger charge is -2.26. The minimum atomic E-state index is -0.697. The minimum Gasteiger partial charge on any atom is -0.507 e. The molecule has 0 aromatic heterocycles. The summed E-state index contributed by atoms with van der Waals surface area (Å²) in [7, 11) is 0. The van der Waals surface area contributed by atoms with Crippen LogP contribution >= 0.6 is 0 Å². The average molecular weight is 456 g/mol. The number of carbonyl (C=O) groups excluding carboxylic acids is 2. The van der Waals surface area contributed by atoms with Crippen LogP contribution in [0.1, 0.15) is 55.0 Å². The zero-order valence-corrected chi connectivity index (χ0v) is 19.7. The van der Waals surface area contributed by atoms with E-state index in [4.69, 9.17) is 4.74 Å². The predicted octanol–water partition coefficient (Wildman–Crippen LogP) is 5.83. The van der Waals surface area contributed by atoms with Crippen molar-refractivity contribution in [3.8, 4) is 5.75 Å². The normalized spacial score (nSPS) is 17.4. The van der Waals surface area contributed by atoms with Crippen LogP contribution in [0.5, 0.6) is 5.75 Å². The molecule has 0 bridgehead atoms. The summed E-state index contributed by atoms with van der Waals surface area (Å²) in [4.78, 5) is 28.0. The number of ketones is 1. The molecule has 0 saturated carbocycles. The molecule has 5 nitrogen and oxygen atoms in total. The van der Waals surface area contributed by atoms with Gasteiger partial charge in [0.1, 0.15) is 11.5 Å². The first-order valence-electron chi connectivity index (χ1n) is 11.6. The van der Waals surface area contributed by atoms with Crippen LogP contribution in [0, 0.1) is 0 Å². The van der Waals surface area contributed by atoms with Crippen molar-refractivity contribution in [1.82, 2.24) is 4.90 Å². The first-order chi connectivity index (χ1) is 16.4. The summed E-state index contributed by atoms with van der Waals surface area (Å²) in [5.41, 5.74) is 3.38. The highest BCUT2D eigenvalue weighted by molar-refractivity contribution is 6.46. The molecule has 5 heteroatoms. The third-order valence-electron chi connectivity index (χ3n) is 6.07. The third-order valence-corrected chi connectivity index (χ3v) is 6.07. The number of rotatable bonds is 7. The standard InChI is InChI=1S/C29H29NO4/c1-4-34-24-12-8-11-23(17-24)27(31)25-26(22-15-13-21(14-16-22)19(2)3)30(29(33)28(25)32)18-20-9-6-5-7-10-20/h5-17,19,26,31H,4,18H2,1-3H3. The van der Waals surface area contributed by atoms with Crippen molar-refractivity contribution in [1.29, 1.82) is 0 Å². The number of nitrogens with zero attached hydrogens (tertiary/aromatic N) is 1. The van der Waals surface area contributed by atoms with E-state index in [2.05, 4.69) is 13.8 Å². The summed E-state index contributed by atoms with van der Waals surface area (Å²) in [6.45, 7) is 6.85. The van der Waals surface area contributed by atoms with Crippen LogP contribution in [0.15, 0.2) is 84.4 Å². The molecule has 1 aliphatic heterocycles. The van der Waals surface area contributed by atoms with Crippen molar-refractivity contribution in [3.63, 3.8) is 0 Å². The summed E-state index contributed by atoms with van der Waals surface area (Å²) in [6, 6.07) is 23.7. The zero-order valence-electron chi connectivity index (χ0n) is 19.7. The van der Waals surface area contributed by atoms with Gasteiger partial charge in [-0.1, -0.05) is 80.6 Å². The molecule has 34 heavy (non-hydrogen) atoms. The molecule has 1 unspecified atom stereocenters. The van der Waals surface area contributed by atoms with Gasteiger partial charge in [-0.25, -0.2) is 0 Å². The van der Waals surface area contributed by atoms with Gasteiger partial charge in [0.15, 0.2) is 0 Å². The van der Waals surface area contributed by atoms with Crippen molar-refractivity contribution in [2.75, 3.05) is 6.61 Å². The second-order valence-electron chi connectivity index (χ2n) is 8.69. The molecule has 1 fully saturated rings. The van der Waals surface area contributed by atoms with E-state index < -0.39 is 17.7 Å². The lowest BCUT2D eigenvalue weighted by Crippen LogP contribution is -2.29. The van der Waals surface area contributed by atoms with Gasteiger partial charge in [0.05, 0.1) is 18.2 Å². The summed E-state index contributed by atoms with van der Waals surface area (Å²) in [5.74, 6) is -0.570. The summed E-state index contributed by atoms with van der Waals surface area (Å²) < 4.78 is 5.56. The van der Waals surface area contributed by atoms with Crippen LogP contribution < -0.4 is 4.74 Å². The number of ether oxygens (including phenoxy) is 1. The van der Waals surface area contributed by atoms with Crippen molar-refractivity contribution < 1.29 is 19.4 Å². The number of likely N-dealkylation sites (tertiary alicyclic amines) is 1. The molecule has 3 aromatic carbocycles. The number of Topliss-reactive ketones (excluding diaryl/α,β-unsaturated/α-hetero) is 1. The SMILES string of the molecule is CCOc1cccc(C(O)=C2C(=O)C(=O)N(Cc3ccccc3)C2c2ccc(C(C)C)cc2)c1. The Kier molecular flexibility index (Phi) is 6.82. The maximum absolute atomic E-state index is 13.2. The lowest BCUT2D eigenvalue weighted by molar-refractivity contribution is -0.140. The fourth-order valence-electron chi connectivity index (χ4n) is 4.29. The number of hydrogen-bond acceptors (Lipinski definition) is 4. The van der Waals surface area contributed by atoms with E-state index in [1.54, 1.807) is 29.2 Å². The maximum Gasteiger partial charge on any atom is 0.295 e. The Morgan fingerprint density at radius 3 is 2.32 bits per heavy atom. The van der Waals surface area contributed by atoms with Crippen LogP contribution in [0.25, 0.3) is 5.76 Å². The number of aliphatic hydroxyl groups excluding tert-OH is 1. The molecule has 0 radical (unpaired) electrons. The van der Waals surface area contributed by atoms with Crippen LogP contribution in [-0.4, -0.2) is 28.3 Å². The second-order valence-corrected chi connectivity index (χ2v) is 8.69. The van der Waals surface area contributed by atoms with E-state index in [1.165, 1.54) is 0 Å². The van der Waals surface area contributed by atoms with Crippen molar-refractivity contribution in [3.05, 3.63) is 107 Å². The molecule has 0 spiro atoms. The fourth-order valence-corrected chi connectivity index (χ4v) is 4.29. The average Bonchev–Trinajstić information content (AvgIpc) is 3.09. The van der Waals surface area contributed by atoms with Gasteiger partial charge in [0.2, 0.25) is 0 Å². The zero-order chi connectivity index (χ0) is 24.2. The van der Waals surface area contributed by atoms with Gasteiger partial charge in [-0.15, -0.1) is 0 Å². The Labute approximate surface area is 200 Å². The lowest BCUT2D eigenvalue weighted by atomic mass is 9.93. The Morgan fingerprint density at radius 2 is 1.68 bits per heavy atom. The Morgan fingerprint density at radius 1 is 0.971 bits per heavy atom. The van der Waals surface area contributed by atoms with E-state index in [0.29, 0.717) is 23.8 Å². The molecular weight excluding hydrogens is 426 g/mol. The van der Waals surface area contributed by atoms with Crippen molar-refractivity contribution in [2.24, 2.45) is 0 Å². The van der Waals surface area contributed by atoms with Gasteiger partial charge >= 0.3 is 0 Å². The van der Waals surface area contributed by atoms with Crippen LogP contribution in [0.2, 0.25) is 0 Å². The second kappa shape index (κ2) is 9.96. The molecule has 3 aromatic rings. The Hall–Kier alpha value is -3.86. The molecule has 1 amide bonds. The van der Waals surface area contributed by atoms with E-state index in [0.717, 1.165) is 16.7 Å². The van der Waals surface area contributed by atoms with Crippen molar-refractivity contribution >= 4 is 17.4 Å². The predicted molar refractivity (Wildman–Crippen MR) is 132 cm³/mol. The first-order valence-corrected chi connectivity index (χ1v) is 11.6. The number of benzene rings is 3. The van der Waals surface area contributed by atoms with Crippen molar-refractivity contribution in [2.45, 2.75) is 39.3 Å². The van der Waals surface area contributed by atoms with E-state index >= 15 is 0 Å². The first kappa shape index (κ1) is 23.3. The van der Waals surface area contributed by atoms with Gasteiger partial charge < -0.3 is 14.7 Å². The molecule has 0 aliphatic carbocycles. The van der Waals surface area contributed by atoms with Crippen LogP contribution in [-0.2, 0) is 16.1 Å². The van der Waals surface area contributed by atoms with Gasteiger partial charge in [0, 0.05) is 12.1 Å². The highest BCUT2D eigenvalue weighted by atomic mass is 16.5. The monoisotopic (exact) mass is 455 g/mol. The third kappa shape index (κ3) is 4.60. The molecule has 1 aliphatic rings. The number of carbonyl (C=O) groups is 2. The highest BCUT2D eigenvalue weighted by Crippen LogP contribution is 2.41. The summed E-state index contributed by atoms with van der Waals surface area (Å²) in [6.07, 6.45) is 0. The Balaban J connectivity index is 1.84. The van der Waals surface area contributed by atoms with Crippen LogP contribution in [0.4, 0.5) is 0 Å². The van der Waals surface area contributed by atoms with E-state index in [1.807, 2.05) is 61.5 Å². The molecule has 4 rings (SSSR count). The maximum atomic E-state index is 13.2. The number of aliphatic hydroxyl groups is 1. The summed E-state index contributed by atoms with van der Waals surface area (Å²) in [5, 5.41) is 11.3. The molecule has 1 heterocycles. The largest absolute Gasteiger partial charge is 0.507 e. The molecule has 1 atom stereocenters. The molecule has 1 saturated heterocycles. The van der Waals surface area contributed by atoms with E-state index in [9.17, 15) is 14.7 Å². The van der Waals surface area contributed by atoms with E-state index in [-0.39, 0.29) is 17.9 Å². The topological polar surface area (TPSA) is 66.8 Å². The number of amides is 1. The molecule has 174 valence electrons. The van der Waals surface area contributed by atoms with Gasteiger partial charge in [-0.2, -0.15) is 0 Å². The van der Waals surface area contributed by atoms with Gasteiger partial charge in [0.25, 0.3) is 11.7 Å². The highest BCUT2D eigenvalue weighted by Gasteiger charge is 2.46. The van der Waals surface area contributed by atoms with Crippen LogP contribution in [0.3, 0.4) is 0 Å². The summed E-state index contributed by atoms with van der Waals surface area (Å²) >= 11 is 0. The smallest absolute Gasteiger partial charge is 0.295 e.